The Hall–Kier alpha value is -0.570. The molecule has 0 aromatic heterocycles. The highest BCUT2D eigenvalue weighted by molar-refractivity contribution is 5.78. The number of hydrogen-bond acceptors (Lipinski definition) is 2. The zero-order valence-corrected chi connectivity index (χ0v) is 8.84. The lowest BCUT2D eigenvalue weighted by Gasteiger charge is -2.19. The van der Waals surface area contributed by atoms with Crippen molar-refractivity contribution in [3.63, 3.8) is 0 Å². The largest absolute Gasteiger partial charge is 0.395 e. The molecule has 0 saturated carbocycles. The highest BCUT2D eigenvalue weighted by Crippen LogP contribution is 2.16. The fraction of sp³-hybridized carbons (Fsp3) is 0.900. The highest BCUT2D eigenvalue weighted by Gasteiger charge is 2.20. The van der Waals surface area contributed by atoms with E-state index in [1.54, 1.807) is 0 Å². The molecule has 0 spiro atoms. The smallest absolute Gasteiger partial charge is 0.223 e. The molecule has 3 heteroatoms. The van der Waals surface area contributed by atoms with Gasteiger partial charge in [0.25, 0.3) is 0 Å². The third kappa shape index (κ3) is 4.88. The Morgan fingerprint density at radius 1 is 1.46 bits per heavy atom. The molecule has 2 N–H and O–H groups in total. The predicted octanol–water partition coefficient (Wildman–Crippen LogP) is 1.17. The van der Waals surface area contributed by atoms with Crippen molar-refractivity contribution in [2.45, 2.75) is 33.6 Å². The summed E-state index contributed by atoms with van der Waals surface area (Å²) in [6.07, 6.45) is 1.95. The molecule has 0 saturated heterocycles. The van der Waals surface area contributed by atoms with E-state index in [2.05, 4.69) is 26.1 Å². The SMILES string of the molecule is CCC[C@H](C(=O)NCCO)C(C)C. The van der Waals surface area contributed by atoms with Gasteiger partial charge < -0.3 is 10.4 Å². The van der Waals surface area contributed by atoms with Gasteiger partial charge in [0, 0.05) is 12.5 Å². The van der Waals surface area contributed by atoms with Crippen molar-refractivity contribution in [2.75, 3.05) is 13.2 Å². The van der Waals surface area contributed by atoms with Crippen molar-refractivity contribution >= 4 is 5.91 Å². The van der Waals surface area contributed by atoms with Crippen LogP contribution in [0.4, 0.5) is 0 Å². The van der Waals surface area contributed by atoms with E-state index in [1.807, 2.05) is 0 Å². The van der Waals surface area contributed by atoms with Gasteiger partial charge in [-0.05, 0) is 12.3 Å². The minimum absolute atomic E-state index is 0.0165. The van der Waals surface area contributed by atoms with Crippen LogP contribution in [0.3, 0.4) is 0 Å². The molecule has 0 aromatic rings. The minimum atomic E-state index is 0.0165. The van der Waals surface area contributed by atoms with Gasteiger partial charge >= 0.3 is 0 Å². The average molecular weight is 187 g/mol. The second kappa shape index (κ2) is 6.89. The van der Waals surface area contributed by atoms with Gasteiger partial charge in [0.05, 0.1) is 6.61 Å². The Morgan fingerprint density at radius 3 is 2.46 bits per heavy atom. The third-order valence-corrected chi connectivity index (χ3v) is 2.15. The van der Waals surface area contributed by atoms with Crippen LogP contribution in [0.25, 0.3) is 0 Å². The molecule has 1 atom stereocenters. The molecule has 0 aromatic carbocycles. The fourth-order valence-corrected chi connectivity index (χ4v) is 1.39. The zero-order valence-electron chi connectivity index (χ0n) is 8.84. The van der Waals surface area contributed by atoms with Crippen LogP contribution < -0.4 is 5.32 Å². The second-order valence-corrected chi connectivity index (χ2v) is 3.65. The quantitative estimate of drug-likeness (QED) is 0.655. The van der Waals surface area contributed by atoms with Crippen LogP contribution >= 0.6 is 0 Å². The van der Waals surface area contributed by atoms with Crippen LogP contribution in [-0.4, -0.2) is 24.2 Å². The van der Waals surface area contributed by atoms with Crippen LogP contribution in [0.5, 0.6) is 0 Å². The normalized spacial score (nSPS) is 13.0. The first-order valence-corrected chi connectivity index (χ1v) is 5.02. The maximum atomic E-state index is 11.5. The molecule has 0 aliphatic rings. The van der Waals surface area contributed by atoms with E-state index in [9.17, 15) is 4.79 Å². The summed E-state index contributed by atoms with van der Waals surface area (Å²) in [6.45, 7) is 6.57. The molecule has 0 radical (unpaired) electrons. The Morgan fingerprint density at radius 2 is 2.08 bits per heavy atom. The fourth-order valence-electron chi connectivity index (χ4n) is 1.39. The Labute approximate surface area is 80.5 Å². The number of carbonyl (C=O) groups excluding carboxylic acids is 1. The standard InChI is InChI=1S/C10H21NO2/c1-4-5-9(8(2)3)10(13)11-6-7-12/h8-9,12H,4-7H2,1-3H3,(H,11,13)/t9-/m0/s1. The number of carbonyl (C=O) groups is 1. The summed E-state index contributed by atoms with van der Waals surface area (Å²) in [6, 6.07) is 0. The van der Waals surface area contributed by atoms with Crippen LogP contribution in [0.1, 0.15) is 33.6 Å². The molecule has 0 heterocycles. The van der Waals surface area contributed by atoms with E-state index in [0.717, 1.165) is 12.8 Å². The molecule has 1 amide bonds. The predicted molar refractivity (Wildman–Crippen MR) is 53.3 cm³/mol. The van der Waals surface area contributed by atoms with E-state index in [-0.39, 0.29) is 18.4 Å². The van der Waals surface area contributed by atoms with Crippen LogP contribution in [0.2, 0.25) is 0 Å². The Bertz CT molecular complexity index is 146. The third-order valence-electron chi connectivity index (χ3n) is 2.15. The van der Waals surface area contributed by atoms with E-state index >= 15 is 0 Å². The summed E-state index contributed by atoms with van der Waals surface area (Å²) in [4.78, 5) is 11.5. The van der Waals surface area contributed by atoms with Gasteiger partial charge in [-0.25, -0.2) is 0 Å². The van der Waals surface area contributed by atoms with Gasteiger partial charge in [-0.2, -0.15) is 0 Å². The average Bonchev–Trinajstić information content (AvgIpc) is 2.09. The Kier molecular flexibility index (Phi) is 6.59. The molecule has 0 bridgehead atoms. The Balaban J connectivity index is 3.96. The first-order chi connectivity index (χ1) is 6.13. The highest BCUT2D eigenvalue weighted by atomic mass is 16.3. The lowest BCUT2D eigenvalue weighted by Crippen LogP contribution is -2.35. The first-order valence-electron chi connectivity index (χ1n) is 5.02. The maximum Gasteiger partial charge on any atom is 0.223 e. The molecule has 0 aliphatic carbocycles. The van der Waals surface area contributed by atoms with E-state index in [0.29, 0.717) is 12.5 Å². The number of aliphatic hydroxyl groups excluding tert-OH is 1. The summed E-state index contributed by atoms with van der Waals surface area (Å²) >= 11 is 0. The van der Waals surface area contributed by atoms with Crippen molar-refractivity contribution in [1.82, 2.24) is 5.32 Å². The molecule has 13 heavy (non-hydrogen) atoms. The summed E-state index contributed by atoms with van der Waals surface area (Å²) in [7, 11) is 0. The number of rotatable bonds is 6. The van der Waals surface area contributed by atoms with E-state index < -0.39 is 0 Å². The van der Waals surface area contributed by atoms with Crippen LogP contribution in [0.15, 0.2) is 0 Å². The van der Waals surface area contributed by atoms with E-state index in [1.165, 1.54) is 0 Å². The topological polar surface area (TPSA) is 49.3 Å². The lowest BCUT2D eigenvalue weighted by atomic mass is 9.90. The lowest BCUT2D eigenvalue weighted by molar-refractivity contribution is -0.126. The second-order valence-electron chi connectivity index (χ2n) is 3.65. The summed E-state index contributed by atoms with van der Waals surface area (Å²) in [5.41, 5.74) is 0. The number of amides is 1. The van der Waals surface area contributed by atoms with E-state index in [4.69, 9.17) is 5.11 Å². The molecule has 0 unspecified atom stereocenters. The summed E-state index contributed by atoms with van der Waals surface area (Å²) in [5, 5.41) is 11.3. The van der Waals surface area contributed by atoms with Gasteiger partial charge in [0.15, 0.2) is 0 Å². The number of nitrogens with one attached hydrogen (secondary N) is 1. The molecule has 78 valence electrons. The van der Waals surface area contributed by atoms with Gasteiger partial charge in [0.1, 0.15) is 0 Å². The van der Waals surface area contributed by atoms with Crippen LogP contribution in [0, 0.1) is 11.8 Å². The first kappa shape index (κ1) is 12.4. The van der Waals surface area contributed by atoms with Crippen molar-refractivity contribution < 1.29 is 9.90 Å². The number of aliphatic hydroxyl groups is 1. The van der Waals surface area contributed by atoms with Crippen molar-refractivity contribution in [3.8, 4) is 0 Å². The van der Waals surface area contributed by atoms with Crippen LogP contribution in [-0.2, 0) is 4.79 Å². The molecule has 0 fully saturated rings. The maximum absolute atomic E-state index is 11.5. The van der Waals surface area contributed by atoms with Gasteiger partial charge in [-0.3, -0.25) is 4.79 Å². The zero-order chi connectivity index (χ0) is 10.3. The van der Waals surface area contributed by atoms with Gasteiger partial charge in [0.2, 0.25) is 5.91 Å². The summed E-state index contributed by atoms with van der Waals surface area (Å²) < 4.78 is 0. The van der Waals surface area contributed by atoms with Gasteiger partial charge in [-0.1, -0.05) is 27.2 Å². The molecule has 3 nitrogen and oxygen atoms in total. The van der Waals surface area contributed by atoms with Gasteiger partial charge in [-0.15, -0.1) is 0 Å². The molecular formula is C10H21NO2. The van der Waals surface area contributed by atoms with Crippen molar-refractivity contribution in [2.24, 2.45) is 11.8 Å². The van der Waals surface area contributed by atoms with Crippen molar-refractivity contribution in [1.29, 1.82) is 0 Å². The molecule has 0 rings (SSSR count). The molecule has 0 aliphatic heterocycles. The van der Waals surface area contributed by atoms with Crippen molar-refractivity contribution in [3.05, 3.63) is 0 Å². The molecular weight excluding hydrogens is 166 g/mol. The minimum Gasteiger partial charge on any atom is -0.395 e. The number of hydrogen-bond donors (Lipinski definition) is 2. The summed E-state index contributed by atoms with van der Waals surface area (Å²) in [5.74, 6) is 0.543. The monoisotopic (exact) mass is 187 g/mol.